The number of halogens is 1. The lowest BCUT2D eigenvalue weighted by Crippen LogP contribution is -2.43. The Bertz CT molecular complexity index is 976. The summed E-state index contributed by atoms with van der Waals surface area (Å²) in [6.45, 7) is 3.87. The van der Waals surface area contributed by atoms with Crippen LogP contribution in [0.25, 0.3) is 0 Å². The molecule has 0 bridgehead atoms. The van der Waals surface area contributed by atoms with Crippen molar-refractivity contribution in [2.75, 3.05) is 19.0 Å². The molecule has 0 radical (unpaired) electrons. The van der Waals surface area contributed by atoms with Crippen molar-refractivity contribution in [1.82, 2.24) is 4.90 Å². The summed E-state index contributed by atoms with van der Waals surface area (Å²) >= 11 is 3.35. The number of aryl methyl sites for hydroxylation is 1. The molecule has 2 amide bonds. The Labute approximate surface area is 189 Å². The van der Waals surface area contributed by atoms with E-state index in [1.165, 1.54) is 18.9 Å². The van der Waals surface area contributed by atoms with E-state index in [0.29, 0.717) is 36.4 Å². The quantitative estimate of drug-likeness (QED) is 0.622. The van der Waals surface area contributed by atoms with Crippen molar-refractivity contribution in [3.63, 3.8) is 0 Å². The maximum Gasteiger partial charge on any atom is 0.329 e. The normalized spacial score (nSPS) is 16.5. The highest BCUT2D eigenvalue weighted by atomic mass is 79.9. The summed E-state index contributed by atoms with van der Waals surface area (Å²) in [5.74, 6) is -0.768. The number of rotatable bonds is 6. The van der Waals surface area contributed by atoms with Crippen LogP contribution in [0.15, 0.2) is 46.9 Å². The number of carbonyl (C=O) groups excluding carboxylic acids is 3. The van der Waals surface area contributed by atoms with E-state index in [2.05, 4.69) is 21.2 Å². The number of carbonyl (C=O) groups is 3. The number of amides is 2. The molecule has 2 atom stereocenters. The number of hydrogen-bond donors (Lipinski definition) is 1. The third-order valence-corrected chi connectivity index (χ3v) is 5.68. The molecular weight excluding hydrogens is 464 g/mol. The SMILES string of the molecule is COc1ccc(C)cc1NC(=O)C(C)OC(=O)C1CCCN1C(=O)c1ccc(Br)cc1. The molecule has 1 heterocycles. The first-order valence-corrected chi connectivity index (χ1v) is 10.8. The highest BCUT2D eigenvalue weighted by Crippen LogP contribution is 2.26. The fourth-order valence-corrected chi connectivity index (χ4v) is 3.74. The summed E-state index contributed by atoms with van der Waals surface area (Å²) in [5.41, 5.74) is 1.96. The van der Waals surface area contributed by atoms with Gasteiger partial charge in [0.1, 0.15) is 11.8 Å². The molecule has 2 unspecified atom stereocenters. The highest BCUT2D eigenvalue weighted by molar-refractivity contribution is 9.10. The predicted octanol–water partition coefficient (Wildman–Crippen LogP) is 3.94. The minimum Gasteiger partial charge on any atom is -0.495 e. The van der Waals surface area contributed by atoms with Gasteiger partial charge in [-0.15, -0.1) is 0 Å². The molecule has 0 saturated carbocycles. The third kappa shape index (κ3) is 5.44. The Morgan fingerprint density at radius 2 is 1.87 bits per heavy atom. The number of benzene rings is 2. The Morgan fingerprint density at radius 3 is 2.55 bits per heavy atom. The fourth-order valence-electron chi connectivity index (χ4n) is 3.47. The van der Waals surface area contributed by atoms with E-state index in [0.717, 1.165) is 10.0 Å². The van der Waals surface area contributed by atoms with E-state index in [9.17, 15) is 14.4 Å². The lowest BCUT2D eigenvalue weighted by molar-refractivity contribution is -0.156. The first-order chi connectivity index (χ1) is 14.8. The molecule has 31 heavy (non-hydrogen) atoms. The summed E-state index contributed by atoms with van der Waals surface area (Å²) in [7, 11) is 1.51. The van der Waals surface area contributed by atoms with Gasteiger partial charge in [0.05, 0.1) is 12.8 Å². The standard InChI is InChI=1S/C23H25BrN2O5/c1-14-6-11-20(30-3)18(13-14)25-21(27)15(2)31-23(29)19-5-4-12-26(19)22(28)16-7-9-17(24)10-8-16/h6-11,13,15,19H,4-5,12H2,1-3H3,(H,25,27). The van der Waals surface area contributed by atoms with Crippen molar-refractivity contribution < 1.29 is 23.9 Å². The van der Waals surface area contributed by atoms with Gasteiger partial charge in [0.2, 0.25) is 0 Å². The molecule has 2 aromatic rings. The summed E-state index contributed by atoms with van der Waals surface area (Å²) in [5, 5.41) is 2.74. The number of esters is 1. The van der Waals surface area contributed by atoms with Crippen LogP contribution in [-0.4, -0.2) is 48.5 Å². The molecule has 7 nitrogen and oxygen atoms in total. The molecule has 1 fully saturated rings. The number of anilines is 1. The van der Waals surface area contributed by atoms with Crippen molar-refractivity contribution in [3.05, 3.63) is 58.1 Å². The Balaban J connectivity index is 1.64. The zero-order valence-corrected chi connectivity index (χ0v) is 19.3. The Kier molecular flexibility index (Phi) is 7.33. The lowest BCUT2D eigenvalue weighted by Gasteiger charge is -2.25. The van der Waals surface area contributed by atoms with E-state index >= 15 is 0 Å². The minimum absolute atomic E-state index is 0.228. The van der Waals surface area contributed by atoms with Gasteiger partial charge in [0, 0.05) is 16.6 Å². The summed E-state index contributed by atoms with van der Waals surface area (Å²) in [6, 6.07) is 11.7. The highest BCUT2D eigenvalue weighted by Gasteiger charge is 2.37. The van der Waals surface area contributed by atoms with Gasteiger partial charge >= 0.3 is 5.97 Å². The van der Waals surface area contributed by atoms with Gasteiger partial charge < -0.3 is 19.7 Å². The number of nitrogens with one attached hydrogen (secondary N) is 1. The number of hydrogen-bond acceptors (Lipinski definition) is 5. The average Bonchev–Trinajstić information content (AvgIpc) is 3.24. The largest absolute Gasteiger partial charge is 0.495 e. The monoisotopic (exact) mass is 488 g/mol. The van der Waals surface area contributed by atoms with Crippen molar-refractivity contribution >= 4 is 39.4 Å². The lowest BCUT2D eigenvalue weighted by atomic mass is 10.1. The van der Waals surface area contributed by atoms with Crippen LogP contribution in [0.1, 0.15) is 35.7 Å². The van der Waals surface area contributed by atoms with Crippen molar-refractivity contribution in [2.24, 2.45) is 0 Å². The topological polar surface area (TPSA) is 84.9 Å². The third-order valence-electron chi connectivity index (χ3n) is 5.15. The van der Waals surface area contributed by atoms with Crippen LogP contribution < -0.4 is 10.1 Å². The molecule has 1 aliphatic heterocycles. The molecule has 0 aliphatic carbocycles. The van der Waals surface area contributed by atoms with Crippen LogP contribution in [0.2, 0.25) is 0 Å². The van der Waals surface area contributed by atoms with Crippen LogP contribution in [0.3, 0.4) is 0 Å². The van der Waals surface area contributed by atoms with Gasteiger partial charge in [-0.3, -0.25) is 9.59 Å². The van der Waals surface area contributed by atoms with Crippen LogP contribution in [0, 0.1) is 6.92 Å². The maximum absolute atomic E-state index is 12.8. The minimum atomic E-state index is -1.03. The number of methoxy groups -OCH3 is 1. The first-order valence-electron chi connectivity index (χ1n) is 10.0. The van der Waals surface area contributed by atoms with Crippen LogP contribution >= 0.6 is 15.9 Å². The maximum atomic E-state index is 12.8. The van der Waals surface area contributed by atoms with Crippen LogP contribution in [0.5, 0.6) is 5.75 Å². The number of ether oxygens (including phenoxy) is 2. The second-order valence-electron chi connectivity index (χ2n) is 7.44. The molecule has 2 aromatic carbocycles. The van der Waals surface area contributed by atoms with Crippen molar-refractivity contribution in [3.8, 4) is 5.75 Å². The molecule has 0 spiro atoms. The Morgan fingerprint density at radius 1 is 1.16 bits per heavy atom. The number of likely N-dealkylation sites (tertiary alicyclic amines) is 1. The van der Waals surface area contributed by atoms with Crippen molar-refractivity contribution in [1.29, 1.82) is 0 Å². The molecule has 0 aromatic heterocycles. The molecule has 1 aliphatic rings. The average molecular weight is 489 g/mol. The zero-order valence-electron chi connectivity index (χ0n) is 17.7. The van der Waals surface area contributed by atoms with E-state index in [1.54, 1.807) is 36.4 Å². The van der Waals surface area contributed by atoms with Gasteiger partial charge in [-0.25, -0.2) is 4.79 Å². The predicted molar refractivity (Wildman–Crippen MR) is 120 cm³/mol. The summed E-state index contributed by atoms with van der Waals surface area (Å²) < 4.78 is 11.5. The van der Waals surface area contributed by atoms with Gasteiger partial charge in [-0.05, 0) is 68.7 Å². The molecule has 164 valence electrons. The fraction of sp³-hybridized carbons (Fsp3) is 0.348. The van der Waals surface area contributed by atoms with E-state index in [-0.39, 0.29) is 5.91 Å². The van der Waals surface area contributed by atoms with Gasteiger partial charge in [0.15, 0.2) is 6.10 Å². The smallest absolute Gasteiger partial charge is 0.329 e. The van der Waals surface area contributed by atoms with E-state index in [4.69, 9.17) is 9.47 Å². The van der Waals surface area contributed by atoms with Crippen LogP contribution in [0.4, 0.5) is 5.69 Å². The molecular formula is C23H25BrN2O5. The first kappa shape index (κ1) is 22.8. The molecule has 1 saturated heterocycles. The van der Waals surface area contributed by atoms with Gasteiger partial charge in [-0.1, -0.05) is 22.0 Å². The van der Waals surface area contributed by atoms with Crippen LogP contribution in [-0.2, 0) is 14.3 Å². The number of nitrogens with zero attached hydrogens (tertiary/aromatic N) is 1. The zero-order chi connectivity index (χ0) is 22.5. The van der Waals surface area contributed by atoms with Gasteiger partial charge in [0.25, 0.3) is 11.8 Å². The second kappa shape index (κ2) is 9.96. The second-order valence-corrected chi connectivity index (χ2v) is 8.35. The van der Waals surface area contributed by atoms with Crippen molar-refractivity contribution in [2.45, 2.75) is 38.8 Å². The van der Waals surface area contributed by atoms with Gasteiger partial charge in [-0.2, -0.15) is 0 Å². The molecule has 3 rings (SSSR count). The van der Waals surface area contributed by atoms with E-state index < -0.39 is 24.0 Å². The van der Waals surface area contributed by atoms with E-state index in [1.807, 2.05) is 13.0 Å². The molecule has 8 heteroatoms. The summed E-state index contributed by atoms with van der Waals surface area (Å²) in [6.07, 6.45) is 0.174. The molecule has 1 N–H and O–H groups in total. The summed E-state index contributed by atoms with van der Waals surface area (Å²) in [4.78, 5) is 39.7. The Hall–Kier alpha value is -2.87.